The Morgan fingerprint density at radius 2 is 1.79 bits per heavy atom. The van der Waals surface area contributed by atoms with E-state index in [1.807, 2.05) is 42.5 Å². The van der Waals surface area contributed by atoms with Crippen molar-refractivity contribution in [3.63, 3.8) is 0 Å². The molecule has 0 bridgehead atoms. The Bertz CT molecular complexity index is 762. The van der Waals surface area contributed by atoms with E-state index >= 15 is 0 Å². The molecule has 0 fully saturated rings. The minimum absolute atomic E-state index is 0.141. The highest BCUT2D eigenvalue weighted by Gasteiger charge is 2.11. The number of rotatable bonds is 2. The van der Waals surface area contributed by atoms with Crippen LogP contribution in [0.5, 0.6) is 0 Å². The zero-order chi connectivity index (χ0) is 13.4. The van der Waals surface area contributed by atoms with Crippen LogP contribution in [0.2, 0.25) is 5.02 Å². The molecule has 1 aromatic heterocycles. The Kier molecular flexibility index (Phi) is 2.76. The minimum Gasteiger partial charge on any atom is -0.477 e. The fourth-order valence-corrected chi connectivity index (χ4v) is 2.39. The molecule has 2 aromatic carbocycles. The lowest BCUT2D eigenvalue weighted by Crippen LogP contribution is -1.94. The molecular weight excluding hydrogens is 262 g/mol. The molecular formula is C15H10ClNO2. The number of aromatic amines is 1. The lowest BCUT2D eigenvalue weighted by molar-refractivity contribution is 0.0691. The van der Waals surface area contributed by atoms with Crippen LogP contribution in [-0.2, 0) is 0 Å². The van der Waals surface area contributed by atoms with E-state index in [-0.39, 0.29) is 5.69 Å². The van der Waals surface area contributed by atoms with Gasteiger partial charge in [0.2, 0.25) is 0 Å². The van der Waals surface area contributed by atoms with Gasteiger partial charge >= 0.3 is 5.97 Å². The van der Waals surface area contributed by atoms with Crippen molar-refractivity contribution in [3.05, 3.63) is 59.2 Å². The molecule has 3 rings (SSSR count). The zero-order valence-corrected chi connectivity index (χ0v) is 10.6. The number of carbonyl (C=O) groups is 1. The van der Waals surface area contributed by atoms with Crippen LogP contribution in [0.4, 0.5) is 0 Å². The molecule has 2 N–H and O–H groups in total. The van der Waals surface area contributed by atoms with Gasteiger partial charge in [-0.15, -0.1) is 0 Å². The van der Waals surface area contributed by atoms with E-state index in [4.69, 9.17) is 16.7 Å². The molecule has 0 spiro atoms. The summed E-state index contributed by atoms with van der Waals surface area (Å²) in [5, 5.41) is 10.3. The van der Waals surface area contributed by atoms with Crippen LogP contribution in [0.25, 0.3) is 22.0 Å². The largest absolute Gasteiger partial charge is 0.477 e. The first-order valence-corrected chi connectivity index (χ1v) is 6.14. The number of nitrogens with one attached hydrogen (secondary N) is 1. The molecule has 0 aliphatic carbocycles. The topological polar surface area (TPSA) is 53.1 Å². The Balaban J connectivity index is 2.22. The number of hydrogen-bond acceptors (Lipinski definition) is 1. The molecule has 0 amide bonds. The van der Waals surface area contributed by atoms with E-state index in [1.165, 1.54) is 0 Å². The van der Waals surface area contributed by atoms with Crippen molar-refractivity contribution in [3.8, 4) is 11.1 Å². The van der Waals surface area contributed by atoms with Gasteiger partial charge in [0.1, 0.15) is 5.69 Å². The maximum absolute atomic E-state index is 11.0. The smallest absolute Gasteiger partial charge is 0.352 e. The van der Waals surface area contributed by atoms with E-state index in [0.29, 0.717) is 10.5 Å². The van der Waals surface area contributed by atoms with E-state index in [0.717, 1.165) is 16.5 Å². The summed E-state index contributed by atoms with van der Waals surface area (Å²) in [5.41, 5.74) is 2.80. The first-order chi connectivity index (χ1) is 9.15. The van der Waals surface area contributed by atoms with Gasteiger partial charge in [-0.2, -0.15) is 0 Å². The molecule has 3 nitrogen and oxygen atoms in total. The third kappa shape index (κ3) is 2.09. The van der Waals surface area contributed by atoms with Crippen molar-refractivity contribution >= 4 is 28.5 Å². The number of carboxylic acid groups (broad SMARTS) is 1. The van der Waals surface area contributed by atoms with Crippen molar-refractivity contribution in [1.82, 2.24) is 4.98 Å². The van der Waals surface area contributed by atoms with Gasteiger partial charge in [0.25, 0.3) is 0 Å². The molecule has 0 atom stereocenters. The van der Waals surface area contributed by atoms with Crippen LogP contribution >= 0.6 is 11.6 Å². The summed E-state index contributed by atoms with van der Waals surface area (Å²) in [7, 11) is 0. The Morgan fingerprint density at radius 3 is 2.47 bits per heavy atom. The maximum Gasteiger partial charge on any atom is 0.352 e. The number of H-pyrrole nitrogens is 1. The molecule has 3 aromatic rings. The quantitative estimate of drug-likeness (QED) is 0.734. The molecule has 0 aliphatic rings. The van der Waals surface area contributed by atoms with Gasteiger partial charge in [0, 0.05) is 5.39 Å². The maximum atomic E-state index is 11.0. The summed E-state index contributed by atoms with van der Waals surface area (Å²) in [4.78, 5) is 13.8. The summed E-state index contributed by atoms with van der Waals surface area (Å²) in [6.07, 6.45) is 0. The summed E-state index contributed by atoms with van der Waals surface area (Å²) >= 11 is 6.21. The Labute approximate surface area is 114 Å². The number of benzene rings is 2. The van der Waals surface area contributed by atoms with E-state index in [1.54, 1.807) is 6.07 Å². The second-order valence-corrected chi connectivity index (χ2v) is 4.68. The molecule has 0 saturated heterocycles. The van der Waals surface area contributed by atoms with Gasteiger partial charge in [-0.3, -0.25) is 0 Å². The number of aromatic carboxylic acids is 1. The van der Waals surface area contributed by atoms with Crippen LogP contribution < -0.4 is 0 Å². The normalized spacial score (nSPS) is 10.8. The molecule has 0 unspecified atom stereocenters. The number of hydrogen-bond donors (Lipinski definition) is 2. The molecule has 0 aliphatic heterocycles. The van der Waals surface area contributed by atoms with Crippen molar-refractivity contribution < 1.29 is 9.90 Å². The number of carboxylic acids is 1. The average molecular weight is 272 g/mol. The fraction of sp³-hybridized carbons (Fsp3) is 0. The summed E-state index contributed by atoms with van der Waals surface area (Å²) in [5.74, 6) is -0.992. The van der Waals surface area contributed by atoms with E-state index in [2.05, 4.69) is 4.98 Å². The standard InChI is InChI=1S/C15H10ClNO2/c16-12-7-10(9-4-2-1-3-5-9)6-11-8-13(15(18)19)17-14(11)12/h1-8,17H,(H,18,19). The molecule has 1 heterocycles. The van der Waals surface area contributed by atoms with Crippen LogP contribution in [0.15, 0.2) is 48.5 Å². The molecule has 0 radical (unpaired) electrons. The van der Waals surface area contributed by atoms with Crippen LogP contribution in [0, 0.1) is 0 Å². The van der Waals surface area contributed by atoms with Gasteiger partial charge in [-0.25, -0.2) is 4.79 Å². The van der Waals surface area contributed by atoms with Crippen molar-refractivity contribution in [2.45, 2.75) is 0 Å². The van der Waals surface area contributed by atoms with Gasteiger partial charge < -0.3 is 10.1 Å². The van der Waals surface area contributed by atoms with Gasteiger partial charge in [-0.1, -0.05) is 41.9 Å². The third-order valence-electron chi connectivity index (χ3n) is 3.02. The van der Waals surface area contributed by atoms with Gasteiger partial charge in [0.05, 0.1) is 10.5 Å². The van der Waals surface area contributed by atoms with Crippen molar-refractivity contribution in [2.75, 3.05) is 0 Å². The van der Waals surface area contributed by atoms with E-state index < -0.39 is 5.97 Å². The SMILES string of the molecule is O=C(O)c1cc2cc(-c3ccccc3)cc(Cl)c2[nH]1. The summed E-state index contributed by atoms with van der Waals surface area (Å²) in [6, 6.07) is 15.2. The molecule has 19 heavy (non-hydrogen) atoms. The van der Waals surface area contributed by atoms with Crippen LogP contribution in [0.3, 0.4) is 0 Å². The van der Waals surface area contributed by atoms with Gasteiger partial charge in [-0.05, 0) is 29.3 Å². The third-order valence-corrected chi connectivity index (χ3v) is 3.32. The highest BCUT2D eigenvalue weighted by Crippen LogP contribution is 2.30. The molecule has 94 valence electrons. The van der Waals surface area contributed by atoms with Crippen LogP contribution in [-0.4, -0.2) is 16.1 Å². The van der Waals surface area contributed by atoms with Crippen LogP contribution in [0.1, 0.15) is 10.5 Å². The first kappa shape index (κ1) is 11.8. The Morgan fingerprint density at radius 1 is 1.05 bits per heavy atom. The summed E-state index contributed by atoms with van der Waals surface area (Å²) in [6.45, 7) is 0. The molecule has 4 heteroatoms. The lowest BCUT2D eigenvalue weighted by atomic mass is 10.0. The monoisotopic (exact) mass is 271 g/mol. The number of aromatic nitrogens is 1. The lowest BCUT2D eigenvalue weighted by Gasteiger charge is -2.03. The van der Waals surface area contributed by atoms with Gasteiger partial charge in [0.15, 0.2) is 0 Å². The minimum atomic E-state index is -0.992. The highest BCUT2D eigenvalue weighted by molar-refractivity contribution is 6.35. The number of halogens is 1. The average Bonchev–Trinajstić information content (AvgIpc) is 2.84. The second-order valence-electron chi connectivity index (χ2n) is 4.28. The first-order valence-electron chi connectivity index (χ1n) is 5.76. The zero-order valence-electron chi connectivity index (χ0n) is 9.85. The number of fused-ring (bicyclic) bond motifs is 1. The van der Waals surface area contributed by atoms with E-state index in [9.17, 15) is 4.79 Å². The Hall–Kier alpha value is -2.26. The predicted octanol–water partition coefficient (Wildman–Crippen LogP) is 4.19. The molecule has 0 saturated carbocycles. The van der Waals surface area contributed by atoms with Crippen molar-refractivity contribution in [2.24, 2.45) is 0 Å². The van der Waals surface area contributed by atoms with Crippen molar-refractivity contribution in [1.29, 1.82) is 0 Å². The fourth-order valence-electron chi connectivity index (χ4n) is 2.11. The predicted molar refractivity (Wildman–Crippen MR) is 75.7 cm³/mol. The summed E-state index contributed by atoms with van der Waals surface area (Å²) < 4.78 is 0. The second kappa shape index (κ2) is 4.44. The highest BCUT2D eigenvalue weighted by atomic mass is 35.5.